The molecule has 2 nitrogen and oxygen atoms in total. The molecule has 3 atom stereocenters. The summed E-state index contributed by atoms with van der Waals surface area (Å²) in [6, 6.07) is 20.3. The average molecular weight is 289 g/mol. The Morgan fingerprint density at radius 1 is 0.947 bits per heavy atom. The van der Waals surface area contributed by atoms with Crippen LogP contribution in [0.25, 0.3) is 0 Å². The van der Waals surface area contributed by atoms with Gasteiger partial charge in [0.25, 0.3) is 0 Å². The molecule has 1 fully saturated rings. The summed E-state index contributed by atoms with van der Waals surface area (Å²) in [4.78, 5) is 0. The van der Waals surface area contributed by atoms with E-state index in [1.165, 1.54) is 16.9 Å². The lowest BCUT2D eigenvalue weighted by atomic mass is 10.0. The van der Waals surface area contributed by atoms with Crippen molar-refractivity contribution in [3.63, 3.8) is 0 Å². The van der Waals surface area contributed by atoms with Crippen LogP contribution in [0.2, 0.25) is 0 Å². The summed E-state index contributed by atoms with van der Waals surface area (Å²) in [5, 5.41) is 0.240. The molecule has 19 heavy (non-hydrogen) atoms. The van der Waals surface area contributed by atoms with Gasteiger partial charge in [-0.2, -0.15) is 0 Å². The highest BCUT2D eigenvalue weighted by Gasteiger charge is 2.41. The standard InChI is InChI=1S/C15H14O2PS/c16-18-17-14(12-7-3-1-4-8-12)11-15(19-18)13-9-5-2-6-10-13/h1-10,14-15H,11H2/q+1/t14-,15+/m0/s1. The van der Waals surface area contributed by atoms with Crippen molar-refractivity contribution in [2.24, 2.45) is 0 Å². The Bertz CT molecular complexity index is 509. The Hall–Kier alpha value is -1.15. The highest BCUT2D eigenvalue weighted by Crippen LogP contribution is 2.59. The third kappa shape index (κ3) is 3.06. The molecule has 0 amide bonds. The largest absolute Gasteiger partial charge is 0.586 e. The Morgan fingerprint density at radius 3 is 2.16 bits per heavy atom. The van der Waals surface area contributed by atoms with Crippen LogP contribution >= 0.6 is 18.6 Å². The van der Waals surface area contributed by atoms with Crippen molar-refractivity contribution < 1.29 is 9.09 Å². The predicted molar refractivity (Wildman–Crippen MR) is 79.3 cm³/mol. The number of hydrogen-bond donors (Lipinski definition) is 0. The van der Waals surface area contributed by atoms with Crippen molar-refractivity contribution in [2.75, 3.05) is 0 Å². The van der Waals surface area contributed by atoms with Crippen LogP contribution in [0.3, 0.4) is 0 Å². The first kappa shape index (κ1) is 12.9. The molecule has 0 spiro atoms. The molecule has 1 aliphatic heterocycles. The van der Waals surface area contributed by atoms with E-state index in [1.807, 2.05) is 48.5 Å². The maximum atomic E-state index is 11.9. The van der Waals surface area contributed by atoms with Gasteiger partial charge >= 0.3 is 7.23 Å². The van der Waals surface area contributed by atoms with Crippen LogP contribution in [0, 0.1) is 0 Å². The van der Waals surface area contributed by atoms with Crippen molar-refractivity contribution in [1.29, 1.82) is 0 Å². The molecule has 0 bridgehead atoms. The normalized spacial score (nSPS) is 25.2. The summed E-state index contributed by atoms with van der Waals surface area (Å²) in [5.41, 5.74) is 2.33. The first-order valence-corrected chi connectivity index (χ1v) is 8.90. The smallest absolute Gasteiger partial charge is 0.128 e. The van der Waals surface area contributed by atoms with Gasteiger partial charge in [0.1, 0.15) is 6.10 Å². The summed E-state index contributed by atoms with van der Waals surface area (Å²) in [7, 11) is -1.65. The van der Waals surface area contributed by atoms with E-state index in [1.54, 1.807) is 0 Å². The average Bonchev–Trinajstić information content (AvgIpc) is 2.48. The molecule has 0 aliphatic carbocycles. The SMILES string of the molecule is O=[P+]1O[C@H](c2ccccc2)C[C@H](c2ccccc2)S1. The molecular formula is C15H14O2PS+. The van der Waals surface area contributed by atoms with E-state index in [0.717, 1.165) is 12.0 Å². The van der Waals surface area contributed by atoms with Gasteiger partial charge in [0.15, 0.2) is 11.4 Å². The summed E-state index contributed by atoms with van der Waals surface area (Å²) in [6.07, 6.45) is 0.788. The minimum absolute atomic E-state index is 0.0729. The fourth-order valence-electron chi connectivity index (χ4n) is 2.24. The van der Waals surface area contributed by atoms with Crippen LogP contribution in [0.4, 0.5) is 0 Å². The minimum Gasteiger partial charge on any atom is -0.128 e. The summed E-state index contributed by atoms with van der Waals surface area (Å²) < 4.78 is 17.5. The lowest BCUT2D eigenvalue weighted by Gasteiger charge is -2.20. The van der Waals surface area contributed by atoms with Gasteiger partial charge in [-0.3, -0.25) is 0 Å². The zero-order valence-electron chi connectivity index (χ0n) is 10.3. The Labute approximate surface area is 117 Å². The molecule has 1 heterocycles. The highest BCUT2D eigenvalue weighted by molar-refractivity contribution is 8.50. The van der Waals surface area contributed by atoms with Crippen molar-refractivity contribution in [3.05, 3.63) is 71.8 Å². The van der Waals surface area contributed by atoms with Gasteiger partial charge in [0.05, 0.1) is 5.25 Å². The first-order valence-electron chi connectivity index (χ1n) is 6.23. The first-order chi connectivity index (χ1) is 9.33. The Morgan fingerprint density at radius 2 is 1.53 bits per heavy atom. The predicted octanol–water partition coefficient (Wildman–Crippen LogP) is 5.28. The molecule has 1 aliphatic rings. The van der Waals surface area contributed by atoms with Crippen molar-refractivity contribution >= 4 is 18.6 Å². The third-order valence-electron chi connectivity index (χ3n) is 3.20. The van der Waals surface area contributed by atoms with E-state index >= 15 is 0 Å². The van der Waals surface area contributed by atoms with E-state index < -0.39 is 7.23 Å². The molecule has 4 heteroatoms. The van der Waals surface area contributed by atoms with Crippen LogP contribution in [0.1, 0.15) is 28.9 Å². The van der Waals surface area contributed by atoms with Gasteiger partial charge in [0.2, 0.25) is 0 Å². The molecule has 1 unspecified atom stereocenters. The molecule has 1 saturated heterocycles. The van der Waals surface area contributed by atoms with E-state index in [9.17, 15) is 4.57 Å². The lowest BCUT2D eigenvalue weighted by Crippen LogP contribution is -2.08. The van der Waals surface area contributed by atoms with E-state index in [-0.39, 0.29) is 11.4 Å². The molecule has 0 aromatic heterocycles. The van der Waals surface area contributed by atoms with Crippen LogP contribution < -0.4 is 0 Å². The molecular weight excluding hydrogens is 275 g/mol. The van der Waals surface area contributed by atoms with Crippen LogP contribution in [0.5, 0.6) is 0 Å². The highest BCUT2D eigenvalue weighted by atomic mass is 32.7. The fourth-order valence-corrected chi connectivity index (χ4v) is 5.16. The maximum Gasteiger partial charge on any atom is 0.586 e. The van der Waals surface area contributed by atoms with Crippen LogP contribution in [-0.2, 0) is 9.09 Å². The fraction of sp³-hybridized carbons (Fsp3) is 0.200. The maximum absolute atomic E-state index is 11.9. The van der Waals surface area contributed by atoms with Crippen LogP contribution in [-0.4, -0.2) is 0 Å². The molecule has 2 aromatic rings. The van der Waals surface area contributed by atoms with Crippen LogP contribution in [0.15, 0.2) is 60.7 Å². The van der Waals surface area contributed by atoms with Crippen molar-refractivity contribution in [2.45, 2.75) is 17.8 Å². The van der Waals surface area contributed by atoms with Gasteiger partial charge in [-0.05, 0) is 15.7 Å². The molecule has 0 radical (unpaired) electrons. The Kier molecular flexibility index (Phi) is 3.97. The summed E-state index contributed by atoms with van der Waals surface area (Å²) in [6.45, 7) is 0. The summed E-state index contributed by atoms with van der Waals surface area (Å²) >= 11 is 1.42. The third-order valence-corrected chi connectivity index (χ3v) is 6.05. The molecule has 3 rings (SSSR count). The van der Waals surface area contributed by atoms with Gasteiger partial charge in [-0.25, -0.2) is 0 Å². The quantitative estimate of drug-likeness (QED) is 0.703. The number of hydrogen-bond acceptors (Lipinski definition) is 3. The summed E-state index contributed by atoms with van der Waals surface area (Å²) in [5.74, 6) is 0. The molecule has 96 valence electrons. The zero-order valence-corrected chi connectivity index (χ0v) is 12.0. The topological polar surface area (TPSA) is 26.3 Å². The van der Waals surface area contributed by atoms with Crippen molar-refractivity contribution in [1.82, 2.24) is 0 Å². The van der Waals surface area contributed by atoms with Gasteiger partial charge in [-0.1, -0.05) is 60.7 Å². The van der Waals surface area contributed by atoms with Crippen molar-refractivity contribution in [3.8, 4) is 0 Å². The lowest BCUT2D eigenvalue weighted by molar-refractivity contribution is 0.208. The molecule has 2 aromatic carbocycles. The second kappa shape index (κ2) is 5.87. The van der Waals surface area contributed by atoms with E-state index in [0.29, 0.717) is 0 Å². The Balaban J connectivity index is 1.84. The number of rotatable bonds is 2. The molecule has 0 saturated carbocycles. The minimum atomic E-state index is -1.65. The van der Waals surface area contributed by atoms with Gasteiger partial charge in [-0.15, -0.1) is 4.52 Å². The van der Waals surface area contributed by atoms with E-state index in [2.05, 4.69) is 12.1 Å². The monoisotopic (exact) mass is 289 g/mol. The second-order valence-electron chi connectivity index (χ2n) is 4.47. The number of benzene rings is 2. The van der Waals surface area contributed by atoms with E-state index in [4.69, 9.17) is 4.52 Å². The second-order valence-corrected chi connectivity index (χ2v) is 7.43. The zero-order chi connectivity index (χ0) is 13.1. The molecule has 0 N–H and O–H groups in total. The van der Waals surface area contributed by atoms with Gasteiger partial charge in [0, 0.05) is 6.42 Å². The van der Waals surface area contributed by atoms with Gasteiger partial charge < -0.3 is 0 Å².